The van der Waals surface area contributed by atoms with Gasteiger partial charge in [0.1, 0.15) is 11.9 Å². The van der Waals surface area contributed by atoms with E-state index < -0.39 is 0 Å². The normalized spacial score (nSPS) is 18.7. The molecule has 1 aromatic carbocycles. The van der Waals surface area contributed by atoms with Crippen LogP contribution in [-0.4, -0.2) is 44.7 Å². The Kier molecular flexibility index (Phi) is 4.09. The van der Waals surface area contributed by atoms with Crippen LogP contribution in [0.3, 0.4) is 0 Å². The third-order valence-corrected chi connectivity index (χ3v) is 3.22. The van der Waals surface area contributed by atoms with E-state index in [4.69, 9.17) is 10.5 Å². The summed E-state index contributed by atoms with van der Waals surface area (Å²) in [7, 11) is 4.20. The number of nitrogens with two attached hydrogens (primary N) is 1. The van der Waals surface area contributed by atoms with Gasteiger partial charge in [-0.3, -0.25) is 0 Å². The van der Waals surface area contributed by atoms with E-state index in [0.717, 1.165) is 30.9 Å². The standard InChI is InChI=1S/C14H23N3O/c1-11-10-17(7-6-16(2)3)13-5-4-12(9-15)8-14(13)18-11/h4-5,8,11H,6-7,9-10,15H2,1-3H3. The largest absolute Gasteiger partial charge is 0.487 e. The van der Waals surface area contributed by atoms with Gasteiger partial charge in [0.25, 0.3) is 0 Å². The van der Waals surface area contributed by atoms with Gasteiger partial charge in [-0.05, 0) is 38.7 Å². The van der Waals surface area contributed by atoms with E-state index in [9.17, 15) is 0 Å². The fourth-order valence-corrected chi connectivity index (χ4v) is 2.24. The van der Waals surface area contributed by atoms with Gasteiger partial charge in [-0.1, -0.05) is 6.07 Å². The Balaban J connectivity index is 2.19. The molecule has 0 saturated carbocycles. The van der Waals surface area contributed by atoms with Crippen LogP contribution in [0.1, 0.15) is 12.5 Å². The summed E-state index contributed by atoms with van der Waals surface area (Å²) in [6, 6.07) is 6.27. The van der Waals surface area contributed by atoms with Gasteiger partial charge in [-0.2, -0.15) is 0 Å². The molecule has 1 heterocycles. The average molecular weight is 249 g/mol. The molecule has 1 aliphatic rings. The van der Waals surface area contributed by atoms with E-state index in [2.05, 4.69) is 49.0 Å². The number of ether oxygens (including phenoxy) is 1. The number of nitrogens with zero attached hydrogens (tertiary/aromatic N) is 2. The van der Waals surface area contributed by atoms with Crippen LogP contribution in [0.5, 0.6) is 5.75 Å². The topological polar surface area (TPSA) is 41.7 Å². The number of benzene rings is 1. The van der Waals surface area contributed by atoms with Crippen molar-refractivity contribution in [1.29, 1.82) is 0 Å². The molecule has 4 heteroatoms. The minimum atomic E-state index is 0.229. The molecule has 2 N–H and O–H groups in total. The Morgan fingerprint density at radius 1 is 1.44 bits per heavy atom. The predicted octanol–water partition coefficient (Wildman–Crippen LogP) is 1.29. The number of hydrogen-bond donors (Lipinski definition) is 1. The summed E-state index contributed by atoms with van der Waals surface area (Å²) in [6.07, 6.45) is 0.229. The highest BCUT2D eigenvalue weighted by Gasteiger charge is 2.22. The molecule has 1 aliphatic heterocycles. The second-order valence-electron chi connectivity index (χ2n) is 5.18. The molecule has 1 atom stereocenters. The summed E-state index contributed by atoms with van der Waals surface area (Å²) in [6.45, 7) is 5.69. The molecule has 0 spiro atoms. The number of hydrogen-bond acceptors (Lipinski definition) is 4. The number of fused-ring (bicyclic) bond motifs is 1. The van der Waals surface area contributed by atoms with Crippen molar-refractivity contribution in [3.8, 4) is 5.75 Å². The second-order valence-corrected chi connectivity index (χ2v) is 5.18. The molecule has 0 radical (unpaired) electrons. The molecule has 4 nitrogen and oxygen atoms in total. The average Bonchev–Trinajstić information content (AvgIpc) is 2.34. The highest BCUT2D eigenvalue weighted by molar-refractivity contribution is 5.61. The molecule has 0 fully saturated rings. The Morgan fingerprint density at radius 3 is 2.89 bits per heavy atom. The van der Waals surface area contributed by atoms with Gasteiger partial charge in [-0.25, -0.2) is 0 Å². The Labute approximate surface area is 109 Å². The van der Waals surface area contributed by atoms with Gasteiger partial charge in [0.05, 0.1) is 12.2 Å². The zero-order valence-corrected chi connectivity index (χ0v) is 11.5. The number of likely N-dealkylation sites (N-methyl/N-ethyl adjacent to an activating group) is 1. The molecule has 2 rings (SSSR count). The van der Waals surface area contributed by atoms with Gasteiger partial charge in [0.15, 0.2) is 0 Å². The molecule has 0 aromatic heterocycles. The van der Waals surface area contributed by atoms with Crippen molar-refractivity contribution in [2.75, 3.05) is 38.6 Å². The molecule has 0 bridgehead atoms. The zero-order valence-electron chi connectivity index (χ0n) is 11.5. The van der Waals surface area contributed by atoms with Crippen molar-refractivity contribution in [1.82, 2.24) is 4.90 Å². The monoisotopic (exact) mass is 249 g/mol. The number of anilines is 1. The first-order valence-electron chi connectivity index (χ1n) is 6.49. The smallest absolute Gasteiger partial charge is 0.143 e. The maximum absolute atomic E-state index is 5.90. The van der Waals surface area contributed by atoms with Crippen LogP contribution in [0.25, 0.3) is 0 Å². The van der Waals surface area contributed by atoms with E-state index in [-0.39, 0.29) is 6.10 Å². The van der Waals surface area contributed by atoms with Crippen LogP contribution >= 0.6 is 0 Å². The lowest BCUT2D eigenvalue weighted by Crippen LogP contribution is -2.41. The van der Waals surface area contributed by atoms with Crippen molar-refractivity contribution in [3.05, 3.63) is 23.8 Å². The lowest BCUT2D eigenvalue weighted by Gasteiger charge is -2.35. The minimum Gasteiger partial charge on any atom is -0.487 e. The van der Waals surface area contributed by atoms with Crippen molar-refractivity contribution in [2.24, 2.45) is 5.73 Å². The van der Waals surface area contributed by atoms with Crippen molar-refractivity contribution in [2.45, 2.75) is 19.6 Å². The minimum absolute atomic E-state index is 0.229. The van der Waals surface area contributed by atoms with Gasteiger partial charge in [0.2, 0.25) is 0 Å². The molecular weight excluding hydrogens is 226 g/mol. The molecule has 0 saturated heterocycles. The Hall–Kier alpha value is -1.26. The number of rotatable bonds is 4. The van der Waals surface area contributed by atoms with Crippen LogP contribution in [0, 0.1) is 0 Å². The molecule has 0 aliphatic carbocycles. The maximum atomic E-state index is 5.90. The van der Waals surface area contributed by atoms with Crippen LogP contribution < -0.4 is 15.4 Å². The lowest BCUT2D eigenvalue weighted by atomic mass is 10.1. The highest BCUT2D eigenvalue weighted by Crippen LogP contribution is 2.34. The fraction of sp³-hybridized carbons (Fsp3) is 0.571. The van der Waals surface area contributed by atoms with Crippen LogP contribution in [0.2, 0.25) is 0 Å². The summed E-state index contributed by atoms with van der Waals surface area (Å²) in [5.41, 5.74) is 7.98. The summed E-state index contributed by atoms with van der Waals surface area (Å²) in [5, 5.41) is 0. The Morgan fingerprint density at radius 2 is 2.22 bits per heavy atom. The van der Waals surface area contributed by atoms with Crippen LogP contribution in [0.15, 0.2) is 18.2 Å². The van der Waals surface area contributed by atoms with Crippen molar-refractivity contribution < 1.29 is 4.74 Å². The summed E-state index contributed by atoms with van der Waals surface area (Å²) in [5.74, 6) is 0.968. The van der Waals surface area contributed by atoms with E-state index >= 15 is 0 Å². The van der Waals surface area contributed by atoms with Gasteiger partial charge in [-0.15, -0.1) is 0 Å². The van der Waals surface area contributed by atoms with Crippen molar-refractivity contribution >= 4 is 5.69 Å². The fourth-order valence-electron chi connectivity index (χ4n) is 2.24. The first-order chi connectivity index (χ1) is 8.60. The highest BCUT2D eigenvalue weighted by atomic mass is 16.5. The van der Waals surface area contributed by atoms with E-state index in [1.165, 1.54) is 5.69 Å². The molecule has 1 unspecified atom stereocenters. The maximum Gasteiger partial charge on any atom is 0.143 e. The molecular formula is C14H23N3O. The van der Waals surface area contributed by atoms with Gasteiger partial charge < -0.3 is 20.3 Å². The Bertz CT molecular complexity index is 406. The van der Waals surface area contributed by atoms with Crippen molar-refractivity contribution in [3.63, 3.8) is 0 Å². The van der Waals surface area contributed by atoms with E-state index in [0.29, 0.717) is 6.54 Å². The van der Waals surface area contributed by atoms with E-state index in [1.807, 2.05) is 0 Å². The summed E-state index contributed by atoms with van der Waals surface area (Å²) < 4.78 is 5.90. The summed E-state index contributed by atoms with van der Waals surface area (Å²) in [4.78, 5) is 4.60. The third kappa shape index (κ3) is 2.94. The first-order valence-corrected chi connectivity index (χ1v) is 6.49. The molecule has 100 valence electrons. The van der Waals surface area contributed by atoms with Gasteiger partial charge in [0, 0.05) is 19.6 Å². The third-order valence-electron chi connectivity index (χ3n) is 3.22. The first kappa shape index (κ1) is 13.2. The molecule has 1 aromatic rings. The van der Waals surface area contributed by atoms with Crippen LogP contribution in [0.4, 0.5) is 5.69 Å². The second kappa shape index (κ2) is 5.59. The van der Waals surface area contributed by atoms with E-state index in [1.54, 1.807) is 0 Å². The lowest BCUT2D eigenvalue weighted by molar-refractivity contribution is 0.211. The quantitative estimate of drug-likeness (QED) is 0.873. The van der Waals surface area contributed by atoms with Crippen LogP contribution in [-0.2, 0) is 6.54 Å². The predicted molar refractivity (Wildman–Crippen MR) is 75.2 cm³/mol. The molecule has 18 heavy (non-hydrogen) atoms. The van der Waals surface area contributed by atoms with Gasteiger partial charge >= 0.3 is 0 Å². The SMILES string of the molecule is CC1CN(CCN(C)C)c2ccc(CN)cc2O1. The zero-order chi connectivity index (χ0) is 13.1. The molecule has 0 amide bonds. The summed E-state index contributed by atoms with van der Waals surface area (Å²) >= 11 is 0.